The van der Waals surface area contributed by atoms with Crippen molar-refractivity contribution in [1.29, 1.82) is 0 Å². The fourth-order valence-electron chi connectivity index (χ4n) is 4.42. The molecular formula is C24H31FN2O2. The number of piperidine rings is 1. The lowest BCUT2D eigenvalue weighted by Gasteiger charge is -2.40. The van der Waals surface area contributed by atoms with Crippen LogP contribution in [-0.2, 0) is 10.4 Å². The highest BCUT2D eigenvalue weighted by Crippen LogP contribution is 2.43. The largest absolute Gasteiger partial charge is 0.385 e. The van der Waals surface area contributed by atoms with Crippen molar-refractivity contribution in [1.82, 2.24) is 10.6 Å². The van der Waals surface area contributed by atoms with Crippen LogP contribution in [0.4, 0.5) is 4.39 Å². The van der Waals surface area contributed by atoms with E-state index < -0.39 is 5.60 Å². The number of benzene rings is 2. The first-order valence-corrected chi connectivity index (χ1v) is 10.5. The molecular weight excluding hydrogens is 367 g/mol. The third-order valence-electron chi connectivity index (χ3n) is 5.87. The molecule has 0 radical (unpaired) electrons. The zero-order chi connectivity index (χ0) is 20.9. The third-order valence-corrected chi connectivity index (χ3v) is 5.87. The second-order valence-corrected chi connectivity index (χ2v) is 8.09. The lowest BCUT2D eigenvalue weighted by Crippen LogP contribution is -2.45. The maximum absolute atomic E-state index is 15.1. The summed E-state index contributed by atoms with van der Waals surface area (Å²) in [7, 11) is 0. The maximum atomic E-state index is 15.1. The summed E-state index contributed by atoms with van der Waals surface area (Å²) in [6, 6.07) is 12.7. The molecule has 0 saturated carbocycles. The van der Waals surface area contributed by atoms with Crippen LogP contribution in [0.3, 0.4) is 0 Å². The van der Waals surface area contributed by atoms with Gasteiger partial charge in [-0.15, -0.1) is 0 Å². The van der Waals surface area contributed by atoms with Gasteiger partial charge in [0.05, 0.1) is 5.60 Å². The van der Waals surface area contributed by atoms with Crippen LogP contribution in [0.2, 0.25) is 0 Å². The summed E-state index contributed by atoms with van der Waals surface area (Å²) in [5.74, 6) is -0.421. The van der Waals surface area contributed by atoms with Crippen molar-refractivity contribution in [2.24, 2.45) is 5.92 Å². The molecule has 0 bridgehead atoms. The molecule has 29 heavy (non-hydrogen) atoms. The first-order valence-electron chi connectivity index (χ1n) is 10.5. The number of halogens is 1. The quantitative estimate of drug-likeness (QED) is 0.620. The van der Waals surface area contributed by atoms with Crippen molar-refractivity contribution in [2.75, 3.05) is 19.6 Å². The third kappa shape index (κ3) is 5.03. The molecule has 0 spiro atoms. The number of aliphatic hydroxyl groups is 1. The molecule has 2 aromatic carbocycles. The fourth-order valence-corrected chi connectivity index (χ4v) is 4.42. The van der Waals surface area contributed by atoms with Gasteiger partial charge in [-0.25, -0.2) is 4.39 Å². The Morgan fingerprint density at radius 1 is 1.31 bits per heavy atom. The number of hydrogen-bond donors (Lipinski definition) is 3. The normalized spacial score (nSPS) is 18.8. The second kappa shape index (κ2) is 9.51. The lowest BCUT2D eigenvalue weighted by molar-refractivity contribution is -0.119. The first-order chi connectivity index (χ1) is 13.9. The predicted octanol–water partition coefficient (Wildman–Crippen LogP) is 3.90. The molecule has 0 aliphatic carbocycles. The summed E-state index contributed by atoms with van der Waals surface area (Å²) in [6.07, 6.45) is 2.94. The summed E-state index contributed by atoms with van der Waals surface area (Å²) in [5.41, 5.74) is 1.77. The minimum Gasteiger partial charge on any atom is -0.385 e. The van der Waals surface area contributed by atoms with Crippen LogP contribution in [0.5, 0.6) is 0 Å². The number of aryl methyl sites for hydroxylation is 1. The standard InChI is InChI=1S/C24H31FN2O2/c1-17-7-3-8-19(15-17)23-21(10-4-11-22(23)25)24(29,12-6-14-27-18(2)28)20-9-5-13-26-16-20/h3-4,7-8,10-11,15,20,26,29H,5-6,9,12-14,16H2,1-2H3,(H,27,28)/t20-,24?/m1/s1. The molecule has 1 saturated heterocycles. The van der Waals surface area contributed by atoms with Gasteiger partial charge in [-0.1, -0.05) is 42.0 Å². The number of hydrogen-bond acceptors (Lipinski definition) is 3. The van der Waals surface area contributed by atoms with Gasteiger partial charge in [-0.3, -0.25) is 4.79 Å². The second-order valence-electron chi connectivity index (χ2n) is 8.09. The molecule has 1 unspecified atom stereocenters. The van der Waals surface area contributed by atoms with E-state index in [2.05, 4.69) is 10.6 Å². The molecule has 1 fully saturated rings. The number of nitrogens with one attached hydrogen (secondary N) is 2. The van der Waals surface area contributed by atoms with Crippen molar-refractivity contribution in [3.63, 3.8) is 0 Å². The van der Waals surface area contributed by atoms with Crippen LogP contribution in [-0.4, -0.2) is 30.6 Å². The van der Waals surface area contributed by atoms with Crippen molar-refractivity contribution in [3.05, 3.63) is 59.4 Å². The highest BCUT2D eigenvalue weighted by atomic mass is 19.1. The molecule has 2 atom stereocenters. The van der Waals surface area contributed by atoms with E-state index in [0.29, 0.717) is 37.1 Å². The van der Waals surface area contributed by atoms with Gasteiger partial charge in [-0.2, -0.15) is 0 Å². The van der Waals surface area contributed by atoms with Gasteiger partial charge in [0.2, 0.25) is 5.91 Å². The van der Waals surface area contributed by atoms with E-state index in [4.69, 9.17) is 0 Å². The Bertz CT molecular complexity index is 849. The van der Waals surface area contributed by atoms with Crippen LogP contribution < -0.4 is 10.6 Å². The van der Waals surface area contributed by atoms with Gasteiger partial charge < -0.3 is 15.7 Å². The van der Waals surface area contributed by atoms with Crippen LogP contribution in [0.15, 0.2) is 42.5 Å². The monoisotopic (exact) mass is 398 g/mol. The van der Waals surface area contributed by atoms with Gasteiger partial charge >= 0.3 is 0 Å². The van der Waals surface area contributed by atoms with E-state index in [1.807, 2.05) is 37.3 Å². The molecule has 1 aliphatic rings. The Morgan fingerprint density at radius 3 is 2.79 bits per heavy atom. The number of rotatable bonds is 7. The molecule has 5 heteroatoms. The molecule has 3 N–H and O–H groups in total. The molecule has 2 aromatic rings. The van der Waals surface area contributed by atoms with E-state index in [0.717, 1.165) is 30.5 Å². The maximum Gasteiger partial charge on any atom is 0.216 e. The van der Waals surface area contributed by atoms with Crippen molar-refractivity contribution >= 4 is 5.91 Å². The van der Waals surface area contributed by atoms with E-state index in [-0.39, 0.29) is 17.6 Å². The zero-order valence-corrected chi connectivity index (χ0v) is 17.3. The molecule has 1 amide bonds. The molecule has 1 aliphatic heterocycles. The van der Waals surface area contributed by atoms with Gasteiger partial charge in [0.15, 0.2) is 0 Å². The summed E-state index contributed by atoms with van der Waals surface area (Å²) >= 11 is 0. The Balaban J connectivity index is 2.03. The van der Waals surface area contributed by atoms with Gasteiger partial charge in [0, 0.05) is 31.5 Å². The van der Waals surface area contributed by atoms with Crippen molar-refractivity contribution < 1.29 is 14.3 Å². The zero-order valence-electron chi connectivity index (χ0n) is 17.3. The van der Waals surface area contributed by atoms with Gasteiger partial charge in [-0.05, 0) is 56.3 Å². The highest BCUT2D eigenvalue weighted by molar-refractivity contribution is 5.72. The summed E-state index contributed by atoms with van der Waals surface area (Å²) < 4.78 is 15.1. The molecule has 156 valence electrons. The molecule has 0 aromatic heterocycles. The topological polar surface area (TPSA) is 61.4 Å². The van der Waals surface area contributed by atoms with Crippen LogP contribution in [0, 0.1) is 18.7 Å². The minimum atomic E-state index is -1.17. The van der Waals surface area contributed by atoms with Gasteiger partial charge in [0.1, 0.15) is 5.82 Å². The SMILES string of the molecule is CC(=O)NCCCC(O)(c1cccc(F)c1-c1cccc(C)c1)[C@@H]1CCCNC1. The Morgan fingerprint density at radius 2 is 2.10 bits per heavy atom. The first kappa shape index (κ1) is 21.5. The summed E-state index contributed by atoms with van der Waals surface area (Å²) in [4.78, 5) is 11.2. The average molecular weight is 399 g/mol. The lowest BCUT2D eigenvalue weighted by atomic mass is 9.72. The number of carbonyl (C=O) groups is 1. The van der Waals surface area contributed by atoms with Gasteiger partial charge in [0.25, 0.3) is 0 Å². The minimum absolute atomic E-state index is 0.0149. The molecule has 3 rings (SSSR count). The van der Waals surface area contributed by atoms with E-state index in [1.54, 1.807) is 6.07 Å². The smallest absolute Gasteiger partial charge is 0.216 e. The van der Waals surface area contributed by atoms with E-state index >= 15 is 4.39 Å². The van der Waals surface area contributed by atoms with Crippen LogP contribution in [0.1, 0.15) is 43.7 Å². The molecule has 4 nitrogen and oxygen atoms in total. The Hall–Kier alpha value is -2.24. The Kier molecular flexibility index (Phi) is 7.04. The Labute approximate surface area is 172 Å². The highest BCUT2D eigenvalue weighted by Gasteiger charge is 2.40. The number of amides is 1. The van der Waals surface area contributed by atoms with Crippen LogP contribution >= 0.6 is 0 Å². The fraction of sp³-hybridized carbons (Fsp3) is 0.458. The van der Waals surface area contributed by atoms with Crippen molar-refractivity contribution in [2.45, 2.75) is 45.1 Å². The molecule has 1 heterocycles. The average Bonchev–Trinajstić information content (AvgIpc) is 2.71. The predicted molar refractivity (Wildman–Crippen MR) is 114 cm³/mol. The van der Waals surface area contributed by atoms with Crippen LogP contribution in [0.25, 0.3) is 11.1 Å². The van der Waals surface area contributed by atoms with E-state index in [1.165, 1.54) is 13.0 Å². The summed E-state index contributed by atoms with van der Waals surface area (Å²) in [6.45, 7) is 5.59. The van der Waals surface area contributed by atoms with Crippen molar-refractivity contribution in [3.8, 4) is 11.1 Å². The number of carbonyl (C=O) groups excluding carboxylic acids is 1. The summed E-state index contributed by atoms with van der Waals surface area (Å²) in [5, 5.41) is 18.2. The van der Waals surface area contributed by atoms with E-state index in [9.17, 15) is 9.90 Å².